The minimum Gasteiger partial charge on any atom is -0.273 e. The van der Waals surface area contributed by atoms with Crippen LogP contribution in [0.1, 0.15) is 44.1 Å². The summed E-state index contributed by atoms with van der Waals surface area (Å²) < 4.78 is 0.972. The number of benzene rings is 1. The second kappa shape index (κ2) is 9.14. The minimum atomic E-state index is 0.0705. The third-order valence-corrected chi connectivity index (χ3v) is 5.81. The van der Waals surface area contributed by atoms with E-state index < -0.39 is 0 Å². The number of allylic oxidation sites excluding steroid dienone is 4. The normalized spacial score (nSPS) is 26.5. The van der Waals surface area contributed by atoms with Crippen LogP contribution in [0.3, 0.4) is 0 Å². The van der Waals surface area contributed by atoms with Crippen molar-refractivity contribution in [1.29, 1.82) is 0 Å². The fourth-order valence-electron chi connectivity index (χ4n) is 3.68. The monoisotopic (exact) mass is 400 g/mol. The van der Waals surface area contributed by atoms with Crippen LogP contribution in [0, 0.1) is 17.8 Å². The van der Waals surface area contributed by atoms with Gasteiger partial charge in [-0.15, -0.1) is 0 Å². The number of amides is 1. The van der Waals surface area contributed by atoms with Gasteiger partial charge in [0.1, 0.15) is 0 Å². The van der Waals surface area contributed by atoms with Gasteiger partial charge in [0.05, 0.1) is 6.21 Å². The first-order valence-corrected chi connectivity index (χ1v) is 9.94. The smallest absolute Gasteiger partial charge is 0.243 e. The van der Waals surface area contributed by atoms with E-state index in [9.17, 15) is 4.79 Å². The van der Waals surface area contributed by atoms with E-state index >= 15 is 0 Å². The van der Waals surface area contributed by atoms with Crippen molar-refractivity contribution < 1.29 is 4.79 Å². The van der Waals surface area contributed by atoms with Crippen molar-refractivity contribution in [1.82, 2.24) is 5.43 Å². The van der Waals surface area contributed by atoms with Crippen LogP contribution in [-0.4, -0.2) is 12.1 Å². The second-order valence-corrected chi connectivity index (χ2v) is 7.64. The molecule has 1 aromatic rings. The van der Waals surface area contributed by atoms with Crippen LogP contribution < -0.4 is 5.43 Å². The summed E-state index contributed by atoms with van der Waals surface area (Å²) in [4.78, 5) is 12.5. The quantitative estimate of drug-likeness (QED) is 0.421. The zero-order chi connectivity index (χ0) is 17.5. The van der Waals surface area contributed by atoms with Crippen LogP contribution in [-0.2, 0) is 4.79 Å². The number of carbonyl (C=O) groups excluding carboxylic acids is 1. The van der Waals surface area contributed by atoms with Crippen molar-refractivity contribution in [2.45, 2.75) is 38.5 Å². The van der Waals surface area contributed by atoms with E-state index in [1.54, 1.807) is 6.21 Å². The first kappa shape index (κ1) is 18.1. The molecule has 25 heavy (non-hydrogen) atoms. The summed E-state index contributed by atoms with van der Waals surface area (Å²) in [5.41, 5.74) is 3.71. The number of fused-ring (bicyclic) bond motifs is 1. The molecule has 3 nitrogen and oxygen atoms in total. The predicted octanol–water partition coefficient (Wildman–Crippen LogP) is 5.23. The maximum absolute atomic E-state index is 12.5. The maximum atomic E-state index is 12.5. The summed E-state index contributed by atoms with van der Waals surface area (Å²) in [6.45, 7) is 0. The average molecular weight is 401 g/mol. The summed E-state index contributed by atoms with van der Waals surface area (Å²) in [7, 11) is 0. The number of rotatable bonds is 3. The van der Waals surface area contributed by atoms with E-state index in [1.807, 2.05) is 24.3 Å². The van der Waals surface area contributed by atoms with Gasteiger partial charge in [-0.05, 0) is 56.4 Å². The molecular formula is C21H25BrN2O. The summed E-state index contributed by atoms with van der Waals surface area (Å²) in [6.07, 6.45) is 17.4. The standard InChI is InChI=1S/C21H25BrN2O/c22-19-14-10-9-11-16(19)15-23-24-21(25)20-17-12-7-5-3-1-2-4-6-8-13-18(17)20/h3-6,9-11,14-15,17-18,20H,1-2,7-8,12-13H2,(H,24,25)/t17-,18-,20?/m1/s1. The van der Waals surface area contributed by atoms with Crippen molar-refractivity contribution in [3.05, 3.63) is 58.6 Å². The molecule has 1 aromatic carbocycles. The zero-order valence-electron chi connectivity index (χ0n) is 14.4. The van der Waals surface area contributed by atoms with Crippen molar-refractivity contribution in [2.24, 2.45) is 22.9 Å². The first-order chi connectivity index (χ1) is 12.3. The molecule has 1 fully saturated rings. The Balaban J connectivity index is 1.55. The molecule has 0 spiro atoms. The lowest BCUT2D eigenvalue weighted by atomic mass is 10.1. The zero-order valence-corrected chi connectivity index (χ0v) is 16.0. The van der Waals surface area contributed by atoms with Crippen LogP contribution in [0.2, 0.25) is 0 Å². The Morgan fingerprint density at radius 1 is 1.00 bits per heavy atom. The molecule has 0 aliphatic heterocycles. The molecule has 132 valence electrons. The van der Waals surface area contributed by atoms with Gasteiger partial charge >= 0.3 is 0 Å². The van der Waals surface area contributed by atoms with Gasteiger partial charge in [-0.1, -0.05) is 58.4 Å². The van der Waals surface area contributed by atoms with E-state index in [4.69, 9.17) is 0 Å². The van der Waals surface area contributed by atoms with Gasteiger partial charge in [0.2, 0.25) is 5.91 Å². The van der Waals surface area contributed by atoms with Gasteiger partial charge in [-0.3, -0.25) is 4.79 Å². The largest absolute Gasteiger partial charge is 0.273 e. The van der Waals surface area contributed by atoms with Gasteiger partial charge in [0.25, 0.3) is 0 Å². The summed E-state index contributed by atoms with van der Waals surface area (Å²) >= 11 is 3.48. The molecule has 1 N–H and O–H groups in total. The predicted molar refractivity (Wildman–Crippen MR) is 106 cm³/mol. The Kier molecular flexibility index (Phi) is 6.62. The van der Waals surface area contributed by atoms with Gasteiger partial charge in [-0.25, -0.2) is 5.43 Å². The van der Waals surface area contributed by atoms with Gasteiger partial charge in [0, 0.05) is 16.0 Å². The fraction of sp³-hybridized carbons (Fsp3) is 0.429. The second-order valence-electron chi connectivity index (χ2n) is 6.78. The molecule has 1 saturated carbocycles. The van der Waals surface area contributed by atoms with E-state index in [0.717, 1.165) is 48.6 Å². The topological polar surface area (TPSA) is 41.5 Å². The van der Waals surface area contributed by atoms with Crippen LogP contribution in [0.5, 0.6) is 0 Å². The Morgan fingerprint density at radius 2 is 1.60 bits per heavy atom. The highest BCUT2D eigenvalue weighted by atomic mass is 79.9. The lowest BCUT2D eigenvalue weighted by Gasteiger charge is -2.00. The van der Waals surface area contributed by atoms with E-state index in [2.05, 4.69) is 50.8 Å². The Hall–Kier alpha value is -1.68. The molecule has 4 heteroatoms. The third kappa shape index (κ3) is 5.15. The lowest BCUT2D eigenvalue weighted by molar-refractivity contribution is -0.122. The molecule has 3 rings (SSSR count). The van der Waals surface area contributed by atoms with Crippen LogP contribution in [0.25, 0.3) is 0 Å². The molecule has 1 amide bonds. The molecular weight excluding hydrogens is 376 g/mol. The van der Waals surface area contributed by atoms with Crippen LogP contribution in [0.15, 0.2) is 58.1 Å². The average Bonchev–Trinajstić information content (AvgIpc) is 3.29. The molecule has 0 unspecified atom stereocenters. The Bertz CT molecular complexity index is 656. The van der Waals surface area contributed by atoms with E-state index in [0.29, 0.717) is 11.8 Å². The van der Waals surface area contributed by atoms with Gasteiger partial charge in [-0.2, -0.15) is 5.10 Å². The molecule has 0 aromatic heterocycles. The number of nitrogens with one attached hydrogen (secondary N) is 1. The Morgan fingerprint density at radius 3 is 2.24 bits per heavy atom. The lowest BCUT2D eigenvalue weighted by Crippen LogP contribution is -2.21. The SMILES string of the molecule is O=C(NN=Cc1ccccc1Br)C1[C@@H]2CCC=CCCC=CCC[C@@H]12. The van der Waals surface area contributed by atoms with Crippen molar-refractivity contribution in [2.75, 3.05) is 0 Å². The van der Waals surface area contributed by atoms with Crippen molar-refractivity contribution in [3.63, 3.8) is 0 Å². The van der Waals surface area contributed by atoms with Crippen molar-refractivity contribution in [3.8, 4) is 0 Å². The molecule has 0 bridgehead atoms. The minimum absolute atomic E-state index is 0.0705. The van der Waals surface area contributed by atoms with E-state index in [1.165, 1.54) is 0 Å². The third-order valence-electron chi connectivity index (χ3n) is 5.08. The molecule has 2 aliphatic rings. The molecule has 0 heterocycles. The highest BCUT2D eigenvalue weighted by Gasteiger charge is 2.52. The fourth-order valence-corrected chi connectivity index (χ4v) is 4.07. The number of hydrazone groups is 1. The number of nitrogens with zero attached hydrogens (tertiary/aromatic N) is 1. The van der Waals surface area contributed by atoms with Gasteiger partial charge < -0.3 is 0 Å². The van der Waals surface area contributed by atoms with Gasteiger partial charge in [0.15, 0.2) is 0 Å². The molecule has 0 radical (unpaired) electrons. The highest BCUT2D eigenvalue weighted by molar-refractivity contribution is 9.10. The Labute approximate surface area is 158 Å². The number of halogens is 1. The molecule has 2 aliphatic carbocycles. The number of hydrogen-bond donors (Lipinski definition) is 1. The molecule has 2 atom stereocenters. The summed E-state index contributed by atoms with van der Waals surface area (Å²) in [5, 5.41) is 4.15. The van der Waals surface area contributed by atoms with Crippen molar-refractivity contribution >= 4 is 28.1 Å². The summed E-state index contributed by atoms with van der Waals surface area (Å²) in [6, 6.07) is 7.83. The molecule has 0 saturated heterocycles. The number of hydrogen-bond acceptors (Lipinski definition) is 2. The van der Waals surface area contributed by atoms with E-state index in [-0.39, 0.29) is 11.8 Å². The van der Waals surface area contributed by atoms with Crippen LogP contribution >= 0.6 is 15.9 Å². The van der Waals surface area contributed by atoms with Crippen LogP contribution in [0.4, 0.5) is 0 Å². The summed E-state index contributed by atoms with van der Waals surface area (Å²) in [5.74, 6) is 1.22. The number of carbonyl (C=O) groups is 1. The maximum Gasteiger partial charge on any atom is 0.243 e. The highest BCUT2D eigenvalue weighted by Crippen LogP contribution is 2.52. The first-order valence-electron chi connectivity index (χ1n) is 9.15.